The average Bonchev–Trinajstić information content (AvgIpc) is 3.05. The third kappa shape index (κ3) is 2.46. The highest BCUT2D eigenvalue weighted by molar-refractivity contribution is 5.83. The van der Waals surface area contributed by atoms with E-state index in [1.807, 2.05) is 0 Å². The minimum Gasteiger partial charge on any atom is -0.370 e. The van der Waals surface area contributed by atoms with Gasteiger partial charge >= 0.3 is 12.1 Å². The predicted molar refractivity (Wildman–Crippen MR) is 80.8 cm³/mol. The number of halogens is 3. The van der Waals surface area contributed by atoms with Gasteiger partial charge in [-0.15, -0.1) is 0 Å². The molecular weight excluding hydrogens is 323 g/mol. The molecule has 2 fully saturated rings. The van der Waals surface area contributed by atoms with Crippen molar-refractivity contribution in [2.75, 3.05) is 29.9 Å². The number of rotatable bonds is 1. The molecular formula is C15H18F3N5O. The van der Waals surface area contributed by atoms with Crippen LogP contribution >= 0.6 is 0 Å². The fourth-order valence-corrected chi connectivity index (χ4v) is 4.00. The minimum atomic E-state index is -4.80. The van der Waals surface area contributed by atoms with Gasteiger partial charge in [0.05, 0.1) is 12.1 Å². The van der Waals surface area contributed by atoms with Gasteiger partial charge in [-0.1, -0.05) is 0 Å². The van der Waals surface area contributed by atoms with Gasteiger partial charge in [0.2, 0.25) is 0 Å². The maximum absolute atomic E-state index is 12.7. The topological polar surface area (TPSA) is 61.4 Å². The van der Waals surface area contributed by atoms with Crippen LogP contribution in [-0.2, 0) is 11.2 Å². The van der Waals surface area contributed by atoms with Crippen LogP contribution in [0.15, 0.2) is 6.33 Å². The molecule has 9 heteroatoms. The first kappa shape index (κ1) is 15.5. The molecule has 2 atom stereocenters. The van der Waals surface area contributed by atoms with Crippen LogP contribution in [-0.4, -0.2) is 58.7 Å². The lowest BCUT2D eigenvalue weighted by Gasteiger charge is -2.36. The molecule has 2 saturated heterocycles. The van der Waals surface area contributed by atoms with Crippen LogP contribution in [0.4, 0.5) is 24.8 Å². The number of aromatic nitrogens is 2. The number of hydrogen-bond acceptors (Lipinski definition) is 5. The average molecular weight is 341 g/mol. The lowest BCUT2D eigenvalue weighted by molar-refractivity contribution is -0.186. The fraction of sp³-hybridized carbons (Fsp3) is 0.667. The van der Waals surface area contributed by atoms with E-state index in [0.717, 1.165) is 47.9 Å². The van der Waals surface area contributed by atoms with Gasteiger partial charge < -0.3 is 15.1 Å². The second-order valence-corrected chi connectivity index (χ2v) is 6.56. The molecule has 4 rings (SSSR count). The number of nitrogens with one attached hydrogen (secondary N) is 1. The van der Waals surface area contributed by atoms with Crippen LogP contribution < -0.4 is 10.2 Å². The second-order valence-electron chi connectivity index (χ2n) is 6.56. The van der Waals surface area contributed by atoms with E-state index in [4.69, 9.17) is 0 Å². The van der Waals surface area contributed by atoms with Crippen molar-refractivity contribution in [3.05, 3.63) is 11.9 Å². The third-order valence-electron chi connectivity index (χ3n) is 5.08. The van der Waals surface area contributed by atoms with E-state index in [0.29, 0.717) is 13.0 Å². The number of amides is 1. The summed E-state index contributed by atoms with van der Waals surface area (Å²) in [5, 5.41) is 3.29. The number of piperazine rings is 1. The number of hydrogen-bond donors (Lipinski definition) is 1. The van der Waals surface area contributed by atoms with Gasteiger partial charge in [0.25, 0.3) is 0 Å². The summed E-state index contributed by atoms with van der Waals surface area (Å²) in [5.74, 6) is -0.0951. The Bertz CT molecular complexity index is 665. The Hall–Kier alpha value is -2.06. The number of carbonyl (C=O) groups is 1. The van der Waals surface area contributed by atoms with Crippen molar-refractivity contribution in [3.8, 4) is 0 Å². The molecule has 0 saturated carbocycles. The van der Waals surface area contributed by atoms with E-state index >= 15 is 0 Å². The van der Waals surface area contributed by atoms with Crippen molar-refractivity contribution in [1.82, 2.24) is 14.9 Å². The van der Waals surface area contributed by atoms with Crippen LogP contribution in [0.3, 0.4) is 0 Å². The highest BCUT2D eigenvalue weighted by Gasteiger charge is 2.52. The standard InChI is InChI=1S/C15H18F3N5O/c16-15(17,18)14(24)23-7-9-5-10(23)6-22(9)13-11-3-1-2-4-19-12(11)20-8-21-13/h8-10H,1-7H2,(H,19,20,21)/t9-,10-/m0/s1. The Morgan fingerprint density at radius 3 is 2.75 bits per heavy atom. The Morgan fingerprint density at radius 2 is 2.04 bits per heavy atom. The number of nitrogens with zero attached hydrogens (tertiary/aromatic N) is 4. The molecule has 0 unspecified atom stereocenters. The summed E-state index contributed by atoms with van der Waals surface area (Å²) in [6.07, 6.45) is 0.199. The number of alkyl halides is 3. The van der Waals surface area contributed by atoms with Crippen LogP contribution in [0.25, 0.3) is 0 Å². The molecule has 24 heavy (non-hydrogen) atoms. The number of likely N-dealkylation sites (tertiary alicyclic amines) is 1. The van der Waals surface area contributed by atoms with Crippen molar-refractivity contribution in [1.29, 1.82) is 0 Å². The number of carbonyl (C=O) groups excluding carboxylic acids is 1. The van der Waals surface area contributed by atoms with Gasteiger partial charge in [0.15, 0.2) is 0 Å². The van der Waals surface area contributed by atoms with Crippen LogP contribution in [0.2, 0.25) is 0 Å². The maximum Gasteiger partial charge on any atom is 0.471 e. The largest absolute Gasteiger partial charge is 0.471 e. The van der Waals surface area contributed by atoms with E-state index < -0.39 is 18.1 Å². The fourth-order valence-electron chi connectivity index (χ4n) is 4.00. The van der Waals surface area contributed by atoms with Gasteiger partial charge in [-0.05, 0) is 25.7 Å². The summed E-state index contributed by atoms with van der Waals surface area (Å²) in [5.41, 5.74) is 1.04. The summed E-state index contributed by atoms with van der Waals surface area (Å²) in [6, 6.07) is -0.503. The monoisotopic (exact) mass is 341 g/mol. The van der Waals surface area contributed by atoms with E-state index in [9.17, 15) is 18.0 Å². The third-order valence-corrected chi connectivity index (χ3v) is 5.08. The van der Waals surface area contributed by atoms with Gasteiger partial charge in [-0.25, -0.2) is 9.97 Å². The Morgan fingerprint density at radius 1 is 1.21 bits per heavy atom. The Labute approximate surface area is 137 Å². The normalized spacial score (nSPS) is 26.1. The van der Waals surface area contributed by atoms with Crippen LogP contribution in [0, 0.1) is 0 Å². The van der Waals surface area contributed by atoms with Crippen molar-refractivity contribution in [3.63, 3.8) is 0 Å². The highest BCUT2D eigenvalue weighted by Crippen LogP contribution is 2.38. The summed E-state index contributed by atoms with van der Waals surface area (Å²) >= 11 is 0. The Kier molecular flexibility index (Phi) is 3.54. The molecule has 1 N–H and O–H groups in total. The smallest absolute Gasteiger partial charge is 0.370 e. The molecule has 3 aliphatic rings. The van der Waals surface area contributed by atoms with Gasteiger partial charge in [-0.2, -0.15) is 13.2 Å². The molecule has 1 amide bonds. The van der Waals surface area contributed by atoms with E-state index in [1.165, 1.54) is 6.33 Å². The quantitative estimate of drug-likeness (QED) is 0.840. The Balaban J connectivity index is 1.57. The van der Waals surface area contributed by atoms with Crippen molar-refractivity contribution in [2.45, 2.75) is 43.9 Å². The number of anilines is 2. The van der Waals surface area contributed by atoms with Crippen molar-refractivity contribution >= 4 is 17.5 Å². The predicted octanol–water partition coefficient (Wildman–Crippen LogP) is 1.58. The molecule has 1 aromatic rings. The minimum absolute atomic E-state index is 0.106. The molecule has 4 heterocycles. The van der Waals surface area contributed by atoms with Gasteiger partial charge in [0, 0.05) is 25.2 Å². The first-order valence-corrected chi connectivity index (χ1v) is 8.17. The molecule has 0 aliphatic carbocycles. The molecule has 2 bridgehead atoms. The summed E-state index contributed by atoms with van der Waals surface area (Å²) in [7, 11) is 0. The zero-order valence-corrected chi connectivity index (χ0v) is 13.0. The zero-order chi connectivity index (χ0) is 16.9. The molecule has 6 nitrogen and oxygen atoms in total. The molecule has 0 aromatic carbocycles. The lowest BCUT2D eigenvalue weighted by Crippen LogP contribution is -2.52. The van der Waals surface area contributed by atoms with Crippen LogP contribution in [0.5, 0.6) is 0 Å². The van der Waals surface area contributed by atoms with Crippen molar-refractivity contribution < 1.29 is 18.0 Å². The second kappa shape index (κ2) is 5.49. The highest BCUT2D eigenvalue weighted by atomic mass is 19.4. The first-order valence-electron chi connectivity index (χ1n) is 8.17. The molecule has 0 radical (unpaired) electrons. The summed E-state index contributed by atoms with van der Waals surface area (Å²) in [4.78, 5) is 23.2. The molecule has 0 spiro atoms. The summed E-state index contributed by atoms with van der Waals surface area (Å²) in [6.45, 7) is 1.37. The molecule has 130 valence electrons. The van der Waals surface area contributed by atoms with Crippen LogP contribution in [0.1, 0.15) is 24.8 Å². The maximum atomic E-state index is 12.7. The van der Waals surface area contributed by atoms with E-state index in [1.54, 1.807) is 0 Å². The lowest BCUT2D eigenvalue weighted by atomic mass is 10.1. The van der Waals surface area contributed by atoms with E-state index in [2.05, 4.69) is 20.2 Å². The van der Waals surface area contributed by atoms with Gasteiger partial charge in [0.1, 0.15) is 18.0 Å². The molecule has 1 aromatic heterocycles. The van der Waals surface area contributed by atoms with Crippen molar-refractivity contribution in [2.24, 2.45) is 0 Å². The summed E-state index contributed by atoms with van der Waals surface area (Å²) < 4.78 is 38.0. The van der Waals surface area contributed by atoms with E-state index in [-0.39, 0.29) is 12.6 Å². The molecule has 3 aliphatic heterocycles. The SMILES string of the molecule is O=C(N1C[C@@H]2C[C@H]1CN2c1ncnc2c1CCCCN2)C(F)(F)F. The first-order chi connectivity index (χ1) is 11.4. The van der Waals surface area contributed by atoms with Gasteiger partial charge in [-0.3, -0.25) is 4.79 Å². The number of fused-ring (bicyclic) bond motifs is 3. The zero-order valence-electron chi connectivity index (χ0n) is 13.0.